The molecule has 8 nitrogen and oxygen atoms in total. The normalized spacial score (nSPS) is 15.4. The third kappa shape index (κ3) is 7.14. The fourth-order valence-corrected chi connectivity index (χ4v) is 5.08. The molecule has 3 heterocycles. The van der Waals surface area contributed by atoms with Crippen molar-refractivity contribution in [3.05, 3.63) is 78.4 Å². The van der Waals surface area contributed by atoms with Crippen LogP contribution in [0.3, 0.4) is 0 Å². The summed E-state index contributed by atoms with van der Waals surface area (Å²) < 4.78 is 47.1. The van der Waals surface area contributed by atoms with Gasteiger partial charge >= 0.3 is 6.18 Å². The Labute approximate surface area is 242 Å². The predicted octanol–water partition coefficient (Wildman–Crippen LogP) is 6.58. The van der Waals surface area contributed by atoms with Crippen LogP contribution in [0.4, 0.5) is 18.9 Å². The van der Waals surface area contributed by atoms with Gasteiger partial charge in [-0.05, 0) is 89.2 Å². The number of aromatic nitrogens is 3. The number of likely N-dealkylation sites (tertiary alicyclic amines) is 1. The van der Waals surface area contributed by atoms with Crippen molar-refractivity contribution in [1.29, 1.82) is 0 Å². The summed E-state index contributed by atoms with van der Waals surface area (Å²) in [6.45, 7) is 7.97. The first-order chi connectivity index (χ1) is 20.0. The van der Waals surface area contributed by atoms with Crippen LogP contribution in [-0.2, 0) is 17.5 Å². The quantitative estimate of drug-likeness (QED) is 0.198. The fourth-order valence-electron chi connectivity index (χ4n) is 5.08. The average Bonchev–Trinajstić information content (AvgIpc) is 3.36. The van der Waals surface area contributed by atoms with Gasteiger partial charge in [0.25, 0.3) is 0 Å². The standard InChI is InChI=1S/C31H33F3N6O2/c1-20(2)37-30(41)22-9-12-39(13-10-22)18-26-17-29(36-19-35-26)42-27-7-8-28-23(15-27)11-14-40(28)21(3)38-25-6-4-5-24(16-25)31(32,33)34/h4-8,11,14-17,19-20,22H,9-10,12-13,18H2,1-3H3,(H,37,41). The number of benzene rings is 2. The van der Waals surface area contributed by atoms with Crippen molar-refractivity contribution in [2.45, 2.75) is 52.4 Å². The molecule has 0 spiro atoms. The van der Waals surface area contributed by atoms with E-state index in [1.54, 1.807) is 13.0 Å². The van der Waals surface area contributed by atoms with Crippen LogP contribution in [0.5, 0.6) is 11.6 Å². The van der Waals surface area contributed by atoms with Gasteiger partial charge in [-0.3, -0.25) is 9.69 Å². The molecule has 0 aliphatic carbocycles. The van der Waals surface area contributed by atoms with Crippen LogP contribution in [0.15, 0.2) is 72.1 Å². The summed E-state index contributed by atoms with van der Waals surface area (Å²) in [6, 6.07) is 14.4. The number of amides is 1. The van der Waals surface area contributed by atoms with Gasteiger partial charge in [0.2, 0.25) is 11.8 Å². The molecule has 2 aromatic heterocycles. The van der Waals surface area contributed by atoms with E-state index in [9.17, 15) is 18.0 Å². The smallest absolute Gasteiger partial charge is 0.416 e. The van der Waals surface area contributed by atoms with Crippen LogP contribution in [0.2, 0.25) is 0 Å². The second-order valence-corrected chi connectivity index (χ2v) is 10.8. The highest BCUT2D eigenvalue weighted by Crippen LogP contribution is 2.32. The van der Waals surface area contributed by atoms with E-state index in [4.69, 9.17) is 4.74 Å². The summed E-state index contributed by atoms with van der Waals surface area (Å²) >= 11 is 0. The molecular formula is C31H33F3N6O2. The number of alkyl halides is 3. The Balaban J connectivity index is 1.23. The van der Waals surface area contributed by atoms with Gasteiger partial charge in [0.05, 0.1) is 22.5 Å². The van der Waals surface area contributed by atoms with Gasteiger partial charge < -0.3 is 14.6 Å². The predicted molar refractivity (Wildman–Crippen MR) is 155 cm³/mol. The lowest BCUT2D eigenvalue weighted by molar-refractivity contribution is -0.137. The molecule has 11 heteroatoms. The van der Waals surface area contributed by atoms with Gasteiger partial charge in [-0.25, -0.2) is 15.0 Å². The number of carbonyl (C=O) groups excluding carboxylic acids is 1. The lowest BCUT2D eigenvalue weighted by atomic mass is 9.95. The minimum Gasteiger partial charge on any atom is -0.439 e. The maximum Gasteiger partial charge on any atom is 0.416 e. The summed E-state index contributed by atoms with van der Waals surface area (Å²) in [6.07, 6.45) is 0.507. The van der Waals surface area contributed by atoms with Crippen LogP contribution in [0, 0.1) is 5.92 Å². The number of ether oxygens (including phenoxy) is 1. The summed E-state index contributed by atoms with van der Waals surface area (Å²) in [5, 5.41) is 3.88. The van der Waals surface area contributed by atoms with Crippen molar-refractivity contribution in [1.82, 2.24) is 24.8 Å². The summed E-state index contributed by atoms with van der Waals surface area (Å²) in [5.41, 5.74) is 1.16. The van der Waals surface area contributed by atoms with Gasteiger partial charge in [0, 0.05) is 36.2 Å². The number of nitrogens with zero attached hydrogens (tertiary/aromatic N) is 5. The fraction of sp³-hybridized carbons (Fsp3) is 0.355. The van der Waals surface area contributed by atoms with Crippen LogP contribution < -0.4 is 10.1 Å². The van der Waals surface area contributed by atoms with Crippen molar-refractivity contribution in [2.24, 2.45) is 10.9 Å². The Hall–Kier alpha value is -4.25. The summed E-state index contributed by atoms with van der Waals surface area (Å²) in [7, 11) is 0. The van der Waals surface area contributed by atoms with Gasteiger partial charge in [-0.1, -0.05) is 6.07 Å². The first-order valence-corrected chi connectivity index (χ1v) is 13.9. The van der Waals surface area contributed by atoms with Crippen molar-refractivity contribution in [3.63, 3.8) is 0 Å². The average molecular weight is 579 g/mol. The van der Waals surface area contributed by atoms with E-state index in [0.717, 1.165) is 54.7 Å². The zero-order valence-corrected chi connectivity index (χ0v) is 23.7. The molecule has 1 N–H and O–H groups in total. The van der Waals surface area contributed by atoms with Crippen LogP contribution in [0.1, 0.15) is 44.9 Å². The SMILES string of the molecule is CC(=Nc1cccc(C(F)(F)F)c1)n1ccc2cc(Oc3cc(CN4CCC(C(=O)NC(C)C)CC4)ncn3)ccc21. The maximum absolute atomic E-state index is 13.1. The number of nitrogens with one attached hydrogen (secondary N) is 1. The van der Waals surface area contributed by atoms with Gasteiger partial charge in [0.1, 0.15) is 17.9 Å². The zero-order valence-electron chi connectivity index (χ0n) is 23.7. The van der Waals surface area contributed by atoms with Crippen molar-refractivity contribution < 1.29 is 22.7 Å². The molecule has 0 saturated carbocycles. The number of aliphatic imine (C=N–C) groups is 1. The highest BCUT2D eigenvalue weighted by Gasteiger charge is 2.30. The maximum atomic E-state index is 13.1. The molecule has 0 unspecified atom stereocenters. The van der Waals surface area contributed by atoms with E-state index >= 15 is 0 Å². The molecule has 5 rings (SSSR count). The zero-order chi connectivity index (χ0) is 29.9. The minimum absolute atomic E-state index is 0.0494. The molecule has 1 fully saturated rings. The Morgan fingerprint density at radius 1 is 1.10 bits per heavy atom. The Bertz CT molecular complexity index is 1590. The van der Waals surface area contributed by atoms with Gasteiger partial charge in [-0.15, -0.1) is 0 Å². The van der Waals surface area contributed by atoms with Gasteiger partial charge in [-0.2, -0.15) is 13.2 Å². The first kappa shape index (κ1) is 29.2. The summed E-state index contributed by atoms with van der Waals surface area (Å²) in [4.78, 5) is 27.7. The molecule has 1 saturated heterocycles. The number of hydrogen-bond acceptors (Lipinski definition) is 6. The molecular weight excluding hydrogens is 545 g/mol. The van der Waals surface area contributed by atoms with E-state index < -0.39 is 11.7 Å². The topological polar surface area (TPSA) is 84.6 Å². The molecule has 42 heavy (non-hydrogen) atoms. The number of carbonyl (C=O) groups is 1. The van der Waals surface area contributed by atoms with Crippen LogP contribution in [-0.4, -0.2) is 50.3 Å². The third-order valence-electron chi connectivity index (χ3n) is 7.17. The van der Waals surface area contributed by atoms with Crippen molar-refractivity contribution in [3.8, 4) is 11.6 Å². The largest absolute Gasteiger partial charge is 0.439 e. The second kappa shape index (κ2) is 12.3. The van der Waals surface area contributed by atoms with E-state index in [1.807, 2.05) is 54.9 Å². The molecule has 2 aromatic carbocycles. The van der Waals surface area contributed by atoms with E-state index in [2.05, 4.69) is 25.2 Å². The molecule has 1 aliphatic rings. The van der Waals surface area contributed by atoms with Crippen molar-refractivity contribution >= 4 is 28.3 Å². The molecule has 220 valence electrons. The first-order valence-electron chi connectivity index (χ1n) is 13.9. The molecule has 1 aliphatic heterocycles. The molecule has 0 bridgehead atoms. The van der Waals surface area contributed by atoms with E-state index in [1.165, 1.54) is 12.4 Å². The molecule has 1 amide bonds. The van der Waals surface area contributed by atoms with E-state index in [0.29, 0.717) is 24.0 Å². The number of rotatable bonds is 7. The van der Waals surface area contributed by atoms with Crippen molar-refractivity contribution in [2.75, 3.05) is 13.1 Å². The number of hydrogen-bond donors (Lipinski definition) is 1. The molecule has 0 radical (unpaired) electrons. The van der Waals surface area contributed by atoms with Gasteiger partial charge in [0.15, 0.2) is 0 Å². The van der Waals surface area contributed by atoms with E-state index in [-0.39, 0.29) is 23.6 Å². The number of fused-ring (bicyclic) bond motifs is 1. The Kier molecular flexibility index (Phi) is 8.58. The van der Waals surface area contributed by atoms with Crippen LogP contribution >= 0.6 is 0 Å². The highest BCUT2D eigenvalue weighted by atomic mass is 19.4. The highest BCUT2D eigenvalue weighted by molar-refractivity contribution is 5.95. The number of piperidine rings is 1. The summed E-state index contributed by atoms with van der Waals surface area (Å²) in [5.74, 6) is 1.73. The lowest BCUT2D eigenvalue weighted by Gasteiger charge is -2.31. The molecule has 4 aromatic rings. The Morgan fingerprint density at radius 2 is 1.88 bits per heavy atom. The second-order valence-electron chi connectivity index (χ2n) is 10.8. The van der Waals surface area contributed by atoms with Crippen LogP contribution in [0.25, 0.3) is 10.9 Å². The minimum atomic E-state index is -4.43. The number of halogens is 3. The molecule has 0 atom stereocenters. The third-order valence-corrected chi connectivity index (χ3v) is 7.17. The lowest BCUT2D eigenvalue weighted by Crippen LogP contribution is -2.42. The Morgan fingerprint density at radius 3 is 2.62 bits per heavy atom. The monoisotopic (exact) mass is 578 g/mol.